The van der Waals surface area contributed by atoms with E-state index in [1.165, 1.54) is 4.90 Å². The Kier molecular flexibility index (Phi) is 3.04. The number of nitrogens with one attached hydrogen (secondary N) is 1. The van der Waals surface area contributed by atoms with Crippen LogP contribution in [0, 0.1) is 0 Å². The van der Waals surface area contributed by atoms with Crippen molar-refractivity contribution in [3.05, 3.63) is 29.8 Å². The van der Waals surface area contributed by atoms with Gasteiger partial charge in [-0.25, -0.2) is 4.79 Å². The Hall–Kier alpha value is -2.57. The summed E-state index contributed by atoms with van der Waals surface area (Å²) < 4.78 is 5.82. The molecule has 1 aromatic rings. The maximum Gasteiger partial charge on any atom is 0.324 e. The van der Waals surface area contributed by atoms with E-state index in [2.05, 4.69) is 5.32 Å². The molecule has 0 aromatic heterocycles. The molecule has 0 aliphatic carbocycles. The molecule has 0 radical (unpaired) electrons. The fourth-order valence-electron chi connectivity index (χ4n) is 3.52. The number of nitrogens with zero attached hydrogens (tertiary/aromatic N) is 2. The second kappa shape index (κ2) is 4.97. The predicted octanol–water partition coefficient (Wildman–Crippen LogP) is 0.314. The normalized spacial score (nSPS) is 29.0. The monoisotopic (exact) mass is 315 g/mol. The van der Waals surface area contributed by atoms with Crippen molar-refractivity contribution in [3.8, 4) is 5.75 Å². The van der Waals surface area contributed by atoms with Gasteiger partial charge in [0.2, 0.25) is 0 Å². The molecule has 1 aromatic carbocycles. The zero-order valence-corrected chi connectivity index (χ0v) is 12.7. The van der Waals surface area contributed by atoms with E-state index >= 15 is 0 Å². The van der Waals surface area contributed by atoms with Crippen LogP contribution in [0.3, 0.4) is 0 Å². The van der Waals surface area contributed by atoms with Crippen LogP contribution in [0.4, 0.5) is 4.79 Å². The fraction of sp³-hybridized carbons (Fsp3) is 0.438. The molecule has 2 saturated heterocycles. The van der Waals surface area contributed by atoms with Crippen molar-refractivity contribution in [3.63, 3.8) is 0 Å². The van der Waals surface area contributed by atoms with Gasteiger partial charge in [-0.1, -0.05) is 25.1 Å². The minimum Gasteiger partial charge on any atom is -0.480 e. The van der Waals surface area contributed by atoms with Gasteiger partial charge < -0.3 is 14.5 Å². The summed E-state index contributed by atoms with van der Waals surface area (Å²) in [6.07, 6.45) is -0.570. The molecule has 23 heavy (non-hydrogen) atoms. The molecule has 7 nitrogen and oxygen atoms in total. The first-order chi connectivity index (χ1) is 11.1. The van der Waals surface area contributed by atoms with Crippen LogP contribution in [-0.2, 0) is 9.59 Å². The van der Waals surface area contributed by atoms with Gasteiger partial charge in [0.15, 0.2) is 6.10 Å². The lowest BCUT2D eigenvalue weighted by atomic mass is 9.96. The first kappa shape index (κ1) is 14.0. The van der Waals surface area contributed by atoms with Crippen LogP contribution in [0.2, 0.25) is 0 Å². The van der Waals surface area contributed by atoms with E-state index in [9.17, 15) is 14.4 Å². The molecule has 3 heterocycles. The number of hydrogen-bond acceptors (Lipinski definition) is 4. The Labute approximate surface area is 133 Å². The molecule has 3 aliphatic rings. The maximum atomic E-state index is 12.8. The molecular formula is C16H17N3O4. The predicted molar refractivity (Wildman–Crippen MR) is 79.9 cm³/mol. The van der Waals surface area contributed by atoms with Gasteiger partial charge in [-0.2, -0.15) is 0 Å². The van der Waals surface area contributed by atoms with Gasteiger partial charge in [-0.05, 0) is 6.07 Å². The van der Waals surface area contributed by atoms with Gasteiger partial charge in [0.05, 0.1) is 6.54 Å². The number of amides is 4. The van der Waals surface area contributed by atoms with E-state index in [-0.39, 0.29) is 30.3 Å². The zero-order chi connectivity index (χ0) is 16.1. The highest BCUT2D eigenvalue weighted by atomic mass is 16.5. The summed E-state index contributed by atoms with van der Waals surface area (Å²) in [7, 11) is 0. The minimum absolute atomic E-state index is 0.0317. The molecule has 3 atom stereocenters. The first-order valence-corrected chi connectivity index (χ1v) is 7.72. The van der Waals surface area contributed by atoms with E-state index in [1.807, 2.05) is 31.2 Å². The average Bonchev–Trinajstić information content (AvgIpc) is 3.04. The number of urea groups is 1. The molecule has 1 N–H and O–H groups in total. The Balaban J connectivity index is 1.51. The van der Waals surface area contributed by atoms with Crippen LogP contribution in [-0.4, -0.2) is 59.4 Å². The number of benzene rings is 1. The third-order valence-electron chi connectivity index (χ3n) is 4.85. The highest BCUT2D eigenvalue weighted by molar-refractivity contribution is 6.04. The summed E-state index contributed by atoms with van der Waals surface area (Å²) >= 11 is 0. The largest absolute Gasteiger partial charge is 0.480 e. The summed E-state index contributed by atoms with van der Waals surface area (Å²) in [5.41, 5.74) is 1.03. The van der Waals surface area contributed by atoms with Gasteiger partial charge in [-0.3, -0.25) is 14.9 Å². The molecule has 2 fully saturated rings. The molecular weight excluding hydrogens is 298 g/mol. The van der Waals surface area contributed by atoms with Crippen LogP contribution in [0.15, 0.2) is 24.3 Å². The van der Waals surface area contributed by atoms with Gasteiger partial charge in [-0.15, -0.1) is 0 Å². The summed E-state index contributed by atoms with van der Waals surface area (Å²) in [4.78, 5) is 39.4. The summed E-state index contributed by atoms with van der Waals surface area (Å²) in [5.74, 6) is 0.248. The van der Waals surface area contributed by atoms with Crippen LogP contribution in [0.1, 0.15) is 18.4 Å². The Morgan fingerprint density at radius 1 is 1.26 bits per heavy atom. The van der Waals surface area contributed by atoms with Gasteiger partial charge in [0.1, 0.15) is 11.8 Å². The van der Waals surface area contributed by atoms with E-state index < -0.39 is 12.1 Å². The topological polar surface area (TPSA) is 79.0 Å². The fourth-order valence-corrected chi connectivity index (χ4v) is 3.52. The van der Waals surface area contributed by atoms with Gasteiger partial charge in [0.25, 0.3) is 11.8 Å². The first-order valence-electron chi connectivity index (χ1n) is 7.72. The lowest BCUT2D eigenvalue weighted by molar-refractivity contribution is -0.141. The quantitative estimate of drug-likeness (QED) is 0.757. The Morgan fingerprint density at radius 2 is 2.04 bits per heavy atom. The molecule has 7 heteroatoms. The van der Waals surface area contributed by atoms with Crippen molar-refractivity contribution in [1.29, 1.82) is 0 Å². The molecule has 0 saturated carbocycles. The standard InChI is InChI=1S/C16H17N3O4/c1-9-10-4-2-3-5-12(10)23-13(9)15(21)18-6-7-19-11(8-18)14(20)17-16(19)22/h2-5,9,11,13H,6-8H2,1H3,(H,17,20,22)/t9-,11+,13-/m1/s1. The second-order valence-electron chi connectivity index (χ2n) is 6.15. The molecule has 120 valence electrons. The molecule has 0 unspecified atom stereocenters. The molecule has 3 aliphatic heterocycles. The highest BCUT2D eigenvalue weighted by Crippen LogP contribution is 2.38. The zero-order valence-electron chi connectivity index (χ0n) is 12.7. The van der Waals surface area contributed by atoms with Crippen LogP contribution in [0.5, 0.6) is 5.75 Å². The van der Waals surface area contributed by atoms with Crippen LogP contribution in [0.25, 0.3) is 0 Å². The summed E-state index contributed by atoms with van der Waals surface area (Å²) in [6.45, 7) is 2.97. The third kappa shape index (κ3) is 2.07. The molecule has 0 spiro atoms. The lowest BCUT2D eigenvalue weighted by Crippen LogP contribution is -2.57. The number of piperazine rings is 1. The van der Waals surface area contributed by atoms with Crippen molar-refractivity contribution in [1.82, 2.24) is 15.1 Å². The van der Waals surface area contributed by atoms with Crippen LogP contribution < -0.4 is 10.1 Å². The van der Waals surface area contributed by atoms with E-state index in [0.717, 1.165) is 11.3 Å². The maximum absolute atomic E-state index is 12.8. The number of hydrogen-bond donors (Lipinski definition) is 1. The number of para-hydroxylation sites is 1. The van der Waals surface area contributed by atoms with E-state index in [4.69, 9.17) is 4.74 Å². The second-order valence-corrected chi connectivity index (χ2v) is 6.15. The smallest absolute Gasteiger partial charge is 0.324 e. The minimum atomic E-state index is -0.584. The Morgan fingerprint density at radius 3 is 2.83 bits per heavy atom. The number of imide groups is 1. The van der Waals surface area contributed by atoms with Crippen molar-refractivity contribution < 1.29 is 19.1 Å². The van der Waals surface area contributed by atoms with E-state index in [1.54, 1.807) is 4.90 Å². The number of ether oxygens (including phenoxy) is 1. The third-order valence-corrected chi connectivity index (χ3v) is 4.85. The van der Waals surface area contributed by atoms with Gasteiger partial charge >= 0.3 is 6.03 Å². The summed E-state index contributed by atoms with van der Waals surface area (Å²) in [6, 6.07) is 6.68. The van der Waals surface area contributed by atoms with Crippen LogP contribution >= 0.6 is 0 Å². The molecule has 4 rings (SSSR count). The number of rotatable bonds is 1. The number of carbonyl (C=O) groups excluding carboxylic acids is 3. The van der Waals surface area contributed by atoms with Crippen molar-refractivity contribution in [2.24, 2.45) is 0 Å². The van der Waals surface area contributed by atoms with Crippen molar-refractivity contribution >= 4 is 17.8 Å². The lowest BCUT2D eigenvalue weighted by Gasteiger charge is -2.36. The van der Waals surface area contributed by atoms with Crippen molar-refractivity contribution in [2.75, 3.05) is 19.6 Å². The Bertz CT molecular complexity index is 704. The number of carbonyl (C=O) groups is 3. The number of fused-ring (bicyclic) bond motifs is 2. The van der Waals surface area contributed by atoms with Gasteiger partial charge in [0, 0.05) is 24.6 Å². The average molecular weight is 315 g/mol. The van der Waals surface area contributed by atoms with Crippen molar-refractivity contribution in [2.45, 2.75) is 25.0 Å². The molecule has 0 bridgehead atoms. The molecule has 4 amide bonds. The SMILES string of the molecule is C[C@@H]1c2ccccc2O[C@H]1C(=O)N1CCN2C(=O)NC(=O)[C@@H]2C1. The van der Waals surface area contributed by atoms with E-state index in [0.29, 0.717) is 13.1 Å². The summed E-state index contributed by atoms with van der Waals surface area (Å²) in [5, 5.41) is 2.29. The highest BCUT2D eigenvalue weighted by Gasteiger charge is 2.46.